The second kappa shape index (κ2) is 6.20. The molecule has 0 amide bonds. The number of hydrogen-bond donors (Lipinski definition) is 1. The molecule has 1 aliphatic carbocycles. The number of aromatic nitrogens is 2. The third kappa shape index (κ3) is 3.46. The van der Waals surface area contributed by atoms with Crippen LogP contribution in [-0.4, -0.2) is 46.5 Å². The number of nitrogens with two attached hydrogens (primary N) is 1. The van der Waals surface area contributed by atoms with Gasteiger partial charge in [0.2, 0.25) is 0 Å². The monoisotopic (exact) mass is 252 g/mol. The molecule has 102 valence electrons. The molecule has 2 fully saturated rings. The lowest BCUT2D eigenvalue weighted by Gasteiger charge is -2.32. The predicted octanol–water partition coefficient (Wildman–Crippen LogP) is 1.35. The normalized spacial score (nSPS) is 24.4. The fourth-order valence-corrected chi connectivity index (χ4v) is 2.31. The summed E-state index contributed by atoms with van der Waals surface area (Å²) in [7, 11) is 0. The maximum absolute atomic E-state index is 5.76. The van der Waals surface area contributed by atoms with Gasteiger partial charge in [-0.1, -0.05) is 13.8 Å². The number of ether oxygens (including phenoxy) is 1. The molecule has 1 atom stereocenters. The second-order valence-electron chi connectivity index (χ2n) is 4.71. The molecule has 0 bridgehead atoms. The lowest BCUT2D eigenvalue weighted by molar-refractivity contribution is -0.0403. The smallest absolute Gasteiger partial charge is 0.0898 e. The molecule has 1 saturated carbocycles. The maximum Gasteiger partial charge on any atom is 0.0898 e. The number of morpholine rings is 1. The van der Waals surface area contributed by atoms with Crippen molar-refractivity contribution in [2.45, 2.75) is 45.4 Å². The van der Waals surface area contributed by atoms with Gasteiger partial charge in [0.1, 0.15) is 0 Å². The molecular weight excluding hydrogens is 228 g/mol. The van der Waals surface area contributed by atoms with Crippen LogP contribution in [-0.2, 0) is 11.3 Å². The summed E-state index contributed by atoms with van der Waals surface area (Å²) in [5.74, 6) is 0. The highest BCUT2D eigenvalue weighted by atomic mass is 16.5. The Balaban J connectivity index is 0.000000574. The van der Waals surface area contributed by atoms with Crippen molar-refractivity contribution in [1.82, 2.24) is 14.7 Å². The Kier molecular flexibility index (Phi) is 4.60. The molecule has 1 saturated heterocycles. The quantitative estimate of drug-likeness (QED) is 0.882. The van der Waals surface area contributed by atoms with Gasteiger partial charge in [0.25, 0.3) is 0 Å². The van der Waals surface area contributed by atoms with Crippen LogP contribution in [0.25, 0.3) is 0 Å². The molecule has 3 rings (SSSR count). The Hall–Kier alpha value is -1.07. The molecular formula is C13H24N4O. The zero-order valence-corrected chi connectivity index (χ0v) is 11.4. The van der Waals surface area contributed by atoms with E-state index in [-0.39, 0.29) is 6.10 Å². The molecule has 1 aromatic heterocycles. The van der Waals surface area contributed by atoms with Crippen LogP contribution in [0.1, 0.15) is 26.7 Å². The van der Waals surface area contributed by atoms with E-state index in [2.05, 4.69) is 10.00 Å². The van der Waals surface area contributed by atoms with E-state index in [1.807, 2.05) is 24.7 Å². The Morgan fingerprint density at radius 2 is 2.22 bits per heavy atom. The number of nitrogen functional groups attached to an aromatic ring is 1. The number of hydrogen-bond acceptors (Lipinski definition) is 4. The summed E-state index contributed by atoms with van der Waals surface area (Å²) in [4.78, 5) is 2.54. The fraction of sp³-hybridized carbons (Fsp3) is 0.769. The lowest BCUT2D eigenvalue weighted by atomic mass is 10.2. The summed E-state index contributed by atoms with van der Waals surface area (Å²) in [5.41, 5.74) is 6.35. The van der Waals surface area contributed by atoms with E-state index in [4.69, 9.17) is 10.5 Å². The average molecular weight is 252 g/mol. The Bertz CT molecular complexity index is 362. The van der Waals surface area contributed by atoms with Crippen molar-refractivity contribution in [3.05, 3.63) is 12.4 Å². The summed E-state index contributed by atoms with van der Waals surface area (Å²) in [6.45, 7) is 7.77. The van der Waals surface area contributed by atoms with E-state index in [0.717, 1.165) is 38.0 Å². The Morgan fingerprint density at radius 3 is 2.83 bits per heavy atom. The van der Waals surface area contributed by atoms with Gasteiger partial charge in [0.05, 0.1) is 31.1 Å². The summed E-state index contributed by atoms with van der Waals surface area (Å²) >= 11 is 0. The van der Waals surface area contributed by atoms with E-state index in [0.29, 0.717) is 0 Å². The van der Waals surface area contributed by atoms with E-state index >= 15 is 0 Å². The first kappa shape index (κ1) is 13.4. The van der Waals surface area contributed by atoms with E-state index < -0.39 is 0 Å². The Labute approximate surface area is 109 Å². The molecule has 18 heavy (non-hydrogen) atoms. The standard InChI is InChI=1S/C11H18N4O.C2H6/c12-9-5-13-15(6-9)8-11-7-14(3-4-16-11)10-1-2-10;1-2/h5-6,10-11H,1-4,7-8,12H2;1-2H3. The molecule has 5 heteroatoms. The highest BCUT2D eigenvalue weighted by Gasteiger charge is 2.32. The van der Waals surface area contributed by atoms with Gasteiger partial charge in [-0.2, -0.15) is 5.10 Å². The van der Waals surface area contributed by atoms with Crippen molar-refractivity contribution >= 4 is 5.69 Å². The van der Waals surface area contributed by atoms with Gasteiger partial charge in [-0.3, -0.25) is 9.58 Å². The summed E-state index contributed by atoms with van der Waals surface area (Å²) in [6, 6.07) is 0.828. The number of anilines is 1. The van der Waals surface area contributed by atoms with Crippen molar-refractivity contribution in [2.75, 3.05) is 25.4 Å². The van der Waals surface area contributed by atoms with Crippen LogP contribution >= 0.6 is 0 Å². The molecule has 5 nitrogen and oxygen atoms in total. The number of nitrogens with zero attached hydrogens (tertiary/aromatic N) is 3. The van der Waals surface area contributed by atoms with Gasteiger partial charge in [-0.05, 0) is 12.8 Å². The highest BCUT2D eigenvalue weighted by Crippen LogP contribution is 2.28. The van der Waals surface area contributed by atoms with Crippen molar-refractivity contribution in [2.24, 2.45) is 0 Å². The molecule has 2 aliphatic rings. The first-order valence-corrected chi connectivity index (χ1v) is 6.95. The first-order chi connectivity index (χ1) is 8.81. The summed E-state index contributed by atoms with van der Waals surface area (Å²) < 4.78 is 7.63. The van der Waals surface area contributed by atoms with Crippen molar-refractivity contribution in [3.8, 4) is 0 Å². The highest BCUT2D eigenvalue weighted by molar-refractivity contribution is 5.30. The van der Waals surface area contributed by atoms with Crippen molar-refractivity contribution < 1.29 is 4.74 Å². The lowest BCUT2D eigenvalue weighted by Crippen LogP contribution is -2.45. The largest absolute Gasteiger partial charge is 0.396 e. The maximum atomic E-state index is 5.76. The van der Waals surface area contributed by atoms with Crippen LogP contribution in [0.2, 0.25) is 0 Å². The van der Waals surface area contributed by atoms with Crippen LogP contribution in [0, 0.1) is 0 Å². The van der Waals surface area contributed by atoms with E-state index in [1.165, 1.54) is 12.8 Å². The third-order valence-electron chi connectivity index (χ3n) is 3.28. The SMILES string of the molecule is CC.Nc1cnn(CC2CN(C3CC3)CCO2)c1. The van der Waals surface area contributed by atoms with Gasteiger partial charge in [0.15, 0.2) is 0 Å². The van der Waals surface area contributed by atoms with Gasteiger partial charge in [-0.15, -0.1) is 0 Å². The van der Waals surface area contributed by atoms with Crippen LogP contribution < -0.4 is 5.73 Å². The molecule has 2 N–H and O–H groups in total. The molecule has 2 heterocycles. The minimum atomic E-state index is 0.258. The summed E-state index contributed by atoms with van der Waals surface area (Å²) in [6.07, 6.45) is 6.53. The zero-order valence-electron chi connectivity index (χ0n) is 11.4. The van der Waals surface area contributed by atoms with Gasteiger partial charge >= 0.3 is 0 Å². The van der Waals surface area contributed by atoms with Gasteiger partial charge in [0, 0.05) is 25.3 Å². The minimum Gasteiger partial charge on any atom is -0.396 e. The number of rotatable bonds is 3. The molecule has 1 unspecified atom stereocenters. The molecule has 1 aromatic rings. The second-order valence-corrected chi connectivity index (χ2v) is 4.71. The van der Waals surface area contributed by atoms with Crippen molar-refractivity contribution in [1.29, 1.82) is 0 Å². The van der Waals surface area contributed by atoms with E-state index in [1.54, 1.807) is 6.20 Å². The third-order valence-corrected chi connectivity index (χ3v) is 3.28. The van der Waals surface area contributed by atoms with Crippen LogP contribution in [0.5, 0.6) is 0 Å². The van der Waals surface area contributed by atoms with E-state index in [9.17, 15) is 0 Å². The molecule has 0 radical (unpaired) electrons. The fourth-order valence-electron chi connectivity index (χ4n) is 2.31. The topological polar surface area (TPSA) is 56.3 Å². The minimum absolute atomic E-state index is 0.258. The average Bonchev–Trinajstić information content (AvgIpc) is 3.17. The molecule has 1 aliphatic heterocycles. The molecule has 0 aromatic carbocycles. The molecule has 0 spiro atoms. The zero-order chi connectivity index (χ0) is 13.0. The predicted molar refractivity (Wildman–Crippen MR) is 72.3 cm³/mol. The first-order valence-electron chi connectivity index (χ1n) is 6.95. The summed E-state index contributed by atoms with van der Waals surface area (Å²) in [5, 5.41) is 4.19. The van der Waals surface area contributed by atoms with Gasteiger partial charge < -0.3 is 10.5 Å². The van der Waals surface area contributed by atoms with Crippen molar-refractivity contribution in [3.63, 3.8) is 0 Å². The Morgan fingerprint density at radius 1 is 1.44 bits per heavy atom. The van der Waals surface area contributed by atoms with Crippen LogP contribution in [0.15, 0.2) is 12.4 Å². The van der Waals surface area contributed by atoms with Crippen LogP contribution in [0.3, 0.4) is 0 Å². The van der Waals surface area contributed by atoms with Crippen LogP contribution in [0.4, 0.5) is 5.69 Å². The van der Waals surface area contributed by atoms with Gasteiger partial charge in [-0.25, -0.2) is 0 Å².